The number of anilines is 1. The first-order valence-electron chi connectivity index (χ1n) is 9.48. The van der Waals surface area contributed by atoms with Crippen molar-refractivity contribution in [3.8, 4) is 0 Å². The van der Waals surface area contributed by atoms with E-state index in [0.717, 1.165) is 4.57 Å². The lowest BCUT2D eigenvalue weighted by molar-refractivity contribution is -0.180. The normalized spacial score (nSPS) is 25.8. The summed E-state index contributed by atoms with van der Waals surface area (Å²) in [5.41, 5.74) is 12.1. The first kappa shape index (κ1) is 23.2. The molecule has 0 amide bonds. The zero-order chi connectivity index (χ0) is 22.6. The van der Waals surface area contributed by atoms with Gasteiger partial charge in [0.05, 0.1) is 11.8 Å². The van der Waals surface area contributed by atoms with Crippen molar-refractivity contribution in [1.82, 2.24) is 9.55 Å². The Morgan fingerprint density at radius 2 is 2.00 bits per heavy atom. The van der Waals surface area contributed by atoms with Gasteiger partial charge in [-0.1, -0.05) is 39.7 Å². The van der Waals surface area contributed by atoms with Gasteiger partial charge in [0.25, 0.3) is 0 Å². The van der Waals surface area contributed by atoms with Gasteiger partial charge in [0, 0.05) is 17.0 Å². The quantitative estimate of drug-likeness (QED) is 0.299. The van der Waals surface area contributed by atoms with Crippen molar-refractivity contribution in [2.24, 2.45) is 22.9 Å². The van der Waals surface area contributed by atoms with Crippen LogP contribution < -0.4 is 11.4 Å². The molecular weight excluding hydrogens is 396 g/mol. The van der Waals surface area contributed by atoms with Gasteiger partial charge in [-0.25, -0.2) is 4.79 Å². The Kier molecular flexibility index (Phi) is 7.06. The molecule has 12 heteroatoms. The van der Waals surface area contributed by atoms with Crippen molar-refractivity contribution in [3.05, 3.63) is 33.2 Å². The molecule has 0 spiro atoms. The SMILES string of the molecule is CC(C)C(=O)OC[C@@]1(N=[N+]=[N-])O[C@@H](n2ccc(N)nc2=O)[C@H](C)C1OC(=O)C(C)C. The van der Waals surface area contributed by atoms with Gasteiger partial charge in [-0.2, -0.15) is 4.98 Å². The standard InChI is InChI=1S/C18H26N6O6/c1-9(2)15(25)28-8-18(22-23-20)13(29-16(26)10(3)4)11(5)14(30-18)24-7-6-12(19)21-17(24)27/h6-7,9-11,13-14H,8H2,1-5H3,(H2,19,21,27)/t11-,13?,14-,18-/m1/s1. The highest BCUT2D eigenvalue weighted by Crippen LogP contribution is 2.44. The molecule has 12 nitrogen and oxygen atoms in total. The topological polar surface area (TPSA) is 171 Å². The highest BCUT2D eigenvalue weighted by Gasteiger charge is 2.57. The molecule has 1 aliphatic rings. The average molecular weight is 422 g/mol. The minimum absolute atomic E-state index is 0.0249. The molecule has 1 fully saturated rings. The number of ether oxygens (including phenoxy) is 3. The maximum atomic E-state index is 12.3. The molecule has 2 rings (SSSR count). The van der Waals surface area contributed by atoms with E-state index in [9.17, 15) is 14.4 Å². The number of carbonyl (C=O) groups excluding carboxylic acids is 2. The molecule has 164 valence electrons. The number of azide groups is 1. The van der Waals surface area contributed by atoms with Crippen LogP contribution in [0.2, 0.25) is 0 Å². The van der Waals surface area contributed by atoms with E-state index in [4.69, 9.17) is 25.5 Å². The number of nitrogens with zero attached hydrogens (tertiary/aromatic N) is 5. The molecule has 0 radical (unpaired) electrons. The van der Waals surface area contributed by atoms with E-state index in [2.05, 4.69) is 15.0 Å². The Hall–Kier alpha value is -3.11. The van der Waals surface area contributed by atoms with E-state index >= 15 is 0 Å². The molecule has 1 aromatic heterocycles. The fourth-order valence-corrected chi connectivity index (χ4v) is 2.98. The van der Waals surface area contributed by atoms with E-state index < -0.39 is 60.0 Å². The van der Waals surface area contributed by atoms with E-state index in [1.807, 2.05) is 0 Å². The van der Waals surface area contributed by atoms with Gasteiger partial charge in [-0.15, -0.1) is 0 Å². The predicted molar refractivity (Wildman–Crippen MR) is 105 cm³/mol. The van der Waals surface area contributed by atoms with Crippen molar-refractivity contribution in [2.45, 2.75) is 52.7 Å². The summed E-state index contributed by atoms with van der Waals surface area (Å²) in [6.07, 6.45) is -0.768. The van der Waals surface area contributed by atoms with Crippen LogP contribution in [-0.2, 0) is 23.8 Å². The highest BCUT2D eigenvalue weighted by molar-refractivity contribution is 5.72. The van der Waals surface area contributed by atoms with Crippen molar-refractivity contribution < 1.29 is 23.8 Å². The van der Waals surface area contributed by atoms with Crippen LogP contribution in [0.1, 0.15) is 40.8 Å². The van der Waals surface area contributed by atoms with Crippen LogP contribution >= 0.6 is 0 Å². The lowest BCUT2D eigenvalue weighted by Crippen LogP contribution is -2.47. The summed E-state index contributed by atoms with van der Waals surface area (Å²) in [6.45, 7) is 7.72. The molecule has 1 unspecified atom stereocenters. The zero-order valence-electron chi connectivity index (χ0n) is 17.5. The zero-order valence-corrected chi connectivity index (χ0v) is 17.5. The van der Waals surface area contributed by atoms with Gasteiger partial charge in [-0.3, -0.25) is 14.2 Å². The van der Waals surface area contributed by atoms with Crippen LogP contribution in [0.4, 0.5) is 5.82 Å². The van der Waals surface area contributed by atoms with Crippen molar-refractivity contribution in [1.29, 1.82) is 0 Å². The number of carbonyl (C=O) groups is 2. The van der Waals surface area contributed by atoms with Gasteiger partial charge in [0.1, 0.15) is 24.8 Å². The molecule has 0 aliphatic carbocycles. The smallest absolute Gasteiger partial charge is 0.351 e. The minimum atomic E-state index is -1.87. The molecule has 0 bridgehead atoms. The van der Waals surface area contributed by atoms with Crippen molar-refractivity contribution >= 4 is 17.8 Å². The van der Waals surface area contributed by atoms with Crippen LogP contribution in [0.3, 0.4) is 0 Å². The van der Waals surface area contributed by atoms with Gasteiger partial charge in [-0.05, 0) is 11.6 Å². The Balaban J connectivity index is 2.50. The summed E-state index contributed by atoms with van der Waals surface area (Å²) in [4.78, 5) is 43.1. The van der Waals surface area contributed by atoms with Gasteiger partial charge in [0.15, 0.2) is 0 Å². The number of nitrogen functional groups attached to an aromatic ring is 1. The van der Waals surface area contributed by atoms with Gasteiger partial charge >= 0.3 is 17.6 Å². The third-order valence-electron chi connectivity index (χ3n) is 4.64. The summed E-state index contributed by atoms with van der Waals surface area (Å²) in [5, 5.41) is 3.70. The maximum Gasteiger partial charge on any atom is 0.351 e. The molecule has 1 aromatic rings. The number of rotatable bonds is 7. The number of aromatic nitrogens is 2. The van der Waals surface area contributed by atoms with Crippen molar-refractivity contribution in [2.75, 3.05) is 12.3 Å². The molecule has 30 heavy (non-hydrogen) atoms. The second-order valence-electron chi connectivity index (χ2n) is 7.72. The Labute approximate surface area is 172 Å². The largest absolute Gasteiger partial charge is 0.462 e. The molecular formula is C18H26N6O6. The molecule has 4 atom stereocenters. The van der Waals surface area contributed by atoms with Gasteiger partial charge in [0.2, 0.25) is 5.72 Å². The predicted octanol–water partition coefficient (Wildman–Crippen LogP) is 1.76. The third-order valence-corrected chi connectivity index (χ3v) is 4.64. The maximum absolute atomic E-state index is 12.3. The summed E-state index contributed by atoms with van der Waals surface area (Å²) in [7, 11) is 0. The summed E-state index contributed by atoms with van der Waals surface area (Å²) in [6, 6.07) is 1.40. The second kappa shape index (κ2) is 9.14. The first-order chi connectivity index (χ1) is 14.0. The monoisotopic (exact) mass is 422 g/mol. The van der Waals surface area contributed by atoms with Crippen LogP contribution in [0.15, 0.2) is 22.2 Å². The van der Waals surface area contributed by atoms with E-state index in [1.54, 1.807) is 34.6 Å². The third kappa shape index (κ3) is 4.71. The second-order valence-corrected chi connectivity index (χ2v) is 7.72. The summed E-state index contributed by atoms with van der Waals surface area (Å²) in [5.74, 6) is -2.66. The Bertz CT molecular complexity index is 909. The molecule has 1 saturated heterocycles. The van der Waals surface area contributed by atoms with Crippen LogP contribution in [0, 0.1) is 17.8 Å². The lowest BCUT2D eigenvalue weighted by atomic mass is 9.97. The number of nitrogens with two attached hydrogens (primary N) is 1. The molecule has 0 saturated carbocycles. The molecule has 2 N–H and O–H groups in total. The minimum Gasteiger partial charge on any atom is -0.462 e. The Morgan fingerprint density at radius 3 is 2.53 bits per heavy atom. The summed E-state index contributed by atoms with van der Waals surface area (Å²) < 4.78 is 17.9. The fraction of sp³-hybridized carbons (Fsp3) is 0.667. The van der Waals surface area contributed by atoms with E-state index in [0.29, 0.717) is 0 Å². The van der Waals surface area contributed by atoms with E-state index in [1.165, 1.54) is 12.3 Å². The van der Waals surface area contributed by atoms with Gasteiger partial charge < -0.3 is 19.9 Å². The van der Waals surface area contributed by atoms with Crippen molar-refractivity contribution in [3.63, 3.8) is 0 Å². The number of hydrogen-bond donors (Lipinski definition) is 1. The highest BCUT2D eigenvalue weighted by atomic mass is 16.6. The molecule has 0 aromatic carbocycles. The van der Waals surface area contributed by atoms with Crippen LogP contribution in [0.5, 0.6) is 0 Å². The van der Waals surface area contributed by atoms with Crippen LogP contribution in [0.25, 0.3) is 10.4 Å². The molecule has 1 aliphatic heterocycles. The van der Waals surface area contributed by atoms with E-state index in [-0.39, 0.29) is 5.82 Å². The average Bonchev–Trinajstić information content (AvgIpc) is 2.92. The number of hydrogen-bond acceptors (Lipinski definition) is 9. The Morgan fingerprint density at radius 1 is 1.37 bits per heavy atom. The first-order valence-corrected chi connectivity index (χ1v) is 9.48. The molecule has 2 heterocycles. The lowest BCUT2D eigenvalue weighted by Gasteiger charge is -2.30. The van der Waals surface area contributed by atoms with Crippen LogP contribution in [-0.4, -0.2) is 39.9 Å². The fourth-order valence-electron chi connectivity index (χ4n) is 2.98. The summed E-state index contributed by atoms with van der Waals surface area (Å²) >= 11 is 0. The number of esters is 2.